The number of anilines is 2. The Kier molecular flexibility index (Phi) is 3.48. The number of methoxy groups -OCH3 is 1. The third kappa shape index (κ3) is 2.55. The van der Waals surface area contributed by atoms with Gasteiger partial charge in [-0.05, 0) is 30.3 Å². The summed E-state index contributed by atoms with van der Waals surface area (Å²) in [5.74, 6) is 0.814. The first-order chi connectivity index (χ1) is 10.7. The van der Waals surface area contributed by atoms with Crippen LogP contribution in [0.4, 0.5) is 10.3 Å². The lowest BCUT2D eigenvalue weighted by Crippen LogP contribution is -1.87. The second-order valence-electron chi connectivity index (χ2n) is 4.61. The molecule has 0 unspecified atom stereocenters. The molecule has 0 aliphatic carbocycles. The predicted octanol–water partition coefficient (Wildman–Crippen LogP) is 5.42. The van der Waals surface area contributed by atoms with Crippen molar-refractivity contribution in [3.63, 3.8) is 0 Å². The van der Waals surface area contributed by atoms with E-state index in [0.717, 1.165) is 40.9 Å². The quantitative estimate of drug-likeness (QED) is 0.506. The van der Waals surface area contributed by atoms with Crippen molar-refractivity contribution < 1.29 is 4.74 Å². The number of nitrogens with zero attached hydrogens (tertiary/aromatic N) is 2. The Hall–Kier alpha value is -1.70. The summed E-state index contributed by atoms with van der Waals surface area (Å²) in [5.41, 5.74) is 1.91. The molecule has 0 spiro atoms. The summed E-state index contributed by atoms with van der Waals surface area (Å²) in [6, 6.07) is 12.0. The molecule has 0 atom stereocenters. The number of thiazole rings is 2. The van der Waals surface area contributed by atoms with E-state index < -0.39 is 0 Å². The molecule has 0 saturated heterocycles. The van der Waals surface area contributed by atoms with Crippen LogP contribution < -0.4 is 10.1 Å². The third-order valence-corrected chi connectivity index (χ3v) is 5.54. The fourth-order valence-corrected chi connectivity index (χ4v) is 4.46. The van der Waals surface area contributed by atoms with E-state index in [2.05, 4.69) is 37.3 Å². The molecule has 0 aliphatic heterocycles. The van der Waals surface area contributed by atoms with E-state index in [1.54, 1.807) is 29.8 Å². The Bertz CT molecular complexity index is 979. The van der Waals surface area contributed by atoms with Gasteiger partial charge in [0.15, 0.2) is 10.3 Å². The van der Waals surface area contributed by atoms with Crippen molar-refractivity contribution in [3.8, 4) is 5.75 Å². The number of ether oxygens (including phenoxy) is 1. The first kappa shape index (κ1) is 13.9. The monoisotopic (exact) mass is 391 g/mol. The molecule has 4 aromatic rings. The molecule has 0 fully saturated rings. The van der Waals surface area contributed by atoms with Crippen molar-refractivity contribution in [1.82, 2.24) is 9.97 Å². The molecule has 0 saturated carbocycles. The van der Waals surface area contributed by atoms with Crippen LogP contribution in [-0.4, -0.2) is 17.1 Å². The normalized spacial score (nSPS) is 11.2. The van der Waals surface area contributed by atoms with Crippen LogP contribution in [0.2, 0.25) is 0 Å². The predicted molar refractivity (Wildman–Crippen MR) is 96.8 cm³/mol. The van der Waals surface area contributed by atoms with Gasteiger partial charge in [0.25, 0.3) is 0 Å². The number of hydrogen-bond acceptors (Lipinski definition) is 6. The number of nitrogens with one attached hydrogen (secondary N) is 1. The van der Waals surface area contributed by atoms with Gasteiger partial charge in [-0.15, -0.1) is 0 Å². The molecule has 22 heavy (non-hydrogen) atoms. The van der Waals surface area contributed by atoms with E-state index in [9.17, 15) is 0 Å². The van der Waals surface area contributed by atoms with E-state index in [1.165, 1.54) is 0 Å². The Morgan fingerprint density at radius 3 is 2.55 bits per heavy atom. The minimum atomic E-state index is 0.814. The Morgan fingerprint density at radius 1 is 0.955 bits per heavy atom. The van der Waals surface area contributed by atoms with Crippen molar-refractivity contribution in [2.45, 2.75) is 0 Å². The lowest BCUT2D eigenvalue weighted by Gasteiger charge is -1.96. The molecule has 4 nitrogen and oxygen atoms in total. The minimum Gasteiger partial charge on any atom is -0.497 e. The Balaban J connectivity index is 1.69. The van der Waals surface area contributed by atoms with Gasteiger partial charge in [0, 0.05) is 10.5 Å². The molecule has 2 aromatic carbocycles. The SMILES string of the molecule is COc1ccc2sc(Nc3nc4ccc(Br)cc4s3)nc2c1. The third-order valence-electron chi connectivity index (χ3n) is 3.16. The zero-order chi connectivity index (χ0) is 15.1. The lowest BCUT2D eigenvalue weighted by molar-refractivity contribution is 0.415. The van der Waals surface area contributed by atoms with Crippen LogP contribution in [0.1, 0.15) is 0 Å². The average Bonchev–Trinajstić information content (AvgIpc) is 3.08. The first-order valence-corrected chi connectivity index (χ1v) is 8.91. The molecular weight excluding hydrogens is 382 g/mol. The van der Waals surface area contributed by atoms with Crippen molar-refractivity contribution in [1.29, 1.82) is 0 Å². The summed E-state index contributed by atoms with van der Waals surface area (Å²) in [5, 5.41) is 4.98. The van der Waals surface area contributed by atoms with Crippen molar-refractivity contribution in [3.05, 3.63) is 40.9 Å². The molecule has 0 radical (unpaired) electrons. The molecule has 1 N–H and O–H groups in total. The van der Waals surface area contributed by atoms with Gasteiger partial charge in [-0.1, -0.05) is 38.6 Å². The summed E-state index contributed by atoms with van der Waals surface area (Å²) in [6.07, 6.45) is 0. The van der Waals surface area contributed by atoms with E-state index in [4.69, 9.17) is 4.74 Å². The van der Waals surface area contributed by atoms with Crippen LogP contribution in [-0.2, 0) is 0 Å². The van der Waals surface area contributed by atoms with Crippen molar-refractivity contribution in [2.24, 2.45) is 0 Å². The average molecular weight is 392 g/mol. The first-order valence-electron chi connectivity index (χ1n) is 6.49. The summed E-state index contributed by atoms with van der Waals surface area (Å²) in [7, 11) is 1.66. The number of halogens is 1. The molecular formula is C15H10BrN3OS2. The van der Waals surface area contributed by atoms with Crippen LogP contribution in [0.25, 0.3) is 20.4 Å². The van der Waals surface area contributed by atoms with Crippen LogP contribution in [0.15, 0.2) is 40.9 Å². The zero-order valence-electron chi connectivity index (χ0n) is 11.5. The van der Waals surface area contributed by atoms with Gasteiger partial charge in [0.05, 0.1) is 27.5 Å². The number of fused-ring (bicyclic) bond motifs is 2. The highest BCUT2D eigenvalue weighted by Gasteiger charge is 2.09. The van der Waals surface area contributed by atoms with E-state index in [-0.39, 0.29) is 0 Å². The molecule has 2 heterocycles. The summed E-state index contributed by atoms with van der Waals surface area (Å²) >= 11 is 6.70. The Morgan fingerprint density at radius 2 is 1.73 bits per heavy atom. The van der Waals surface area contributed by atoms with E-state index in [0.29, 0.717) is 0 Å². The summed E-state index contributed by atoms with van der Waals surface area (Å²) in [4.78, 5) is 9.17. The van der Waals surface area contributed by atoms with Crippen LogP contribution in [0, 0.1) is 0 Å². The second kappa shape index (κ2) is 5.49. The second-order valence-corrected chi connectivity index (χ2v) is 7.59. The zero-order valence-corrected chi connectivity index (χ0v) is 14.7. The summed E-state index contributed by atoms with van der Waals surface area (Å²) < 4.78 is 8.54. The maximum absolute atomic E-state index is 5.23. The fourth-order valence-electron chi connectivity index (χ4n) is 2.13. The number of rotatable bonds is 3. The smallest absolute Gasteiger partial charge is 0.190 e. The highest BCUT2D eigenvalue weighted by molar-refractivity contribution is 9.10. The van der Waals surface area contributed by atoms with Gasteiger partial charge >= 0.3 is 0 Å². The van der Waals surface area contributed by atoms with E-state index >= 15 is 0 Å². The highest BCUT2D eigenvalue weighted by atomic mass is 79.9. The van der Waals surface area contributed by atoms with Gasteiger partial charge in [-0.3, -0.25) is 0 Å². The highest BCUT2D eigenvalue weighted by Crippen LogP contribution is 2.34. The molecule has 4 rings (SSSR count). The number of hydrogen-bond donors (Lipinski definition) is 1. The van der Waals surface area contributed by atoms with Gasteiger partial charge in [-0.2, -0.15) is 0 Å². The lowest BCUT2D eigenvalue weighted by atomic mass is 10.3. The summed E-state index contributed by atoms with van der Waals surface area (Å²) in [6.45, 7) is 0. The van der Waals surface area contributed by atoms with Crippen LogP contribution in [0.3, 0.4) is 0 Å². The number of benzene rings is 2. The maximum Gasteiger partial charge on any atom is 0.190 e. The van der Waals surface area contributed by atoms with E-state index in [1.807, 2.05) is 30.3 Å². The minimum absolute atomic E-state index is 0.814. The molecule has 0 amide bonds. The van der Waals surface area contributed by atoms with Crippen molar-refractivity contribution >= 4 is 69.3 Å². The van der Waals surface area contributed by atoms with Gasteiger partial charge < -0.3 is 10.1 Å². The van der Waals surface area contributed by atoms with Gasteiger partial charge in [0.1, 0.15) is 5.75 Å². The van der Waals surface area contributed by atoms with Crippen LogP contribution >= 0.6 is 38.6 Å². The number of aromatic nitrogens is 2. The molecule has 0 aliphatic rings. The van der Waals surface area contributed by atoms with Crippen molar-refractivity contribution in [2.75, 3.05) is 12.4 Å². The molecule has 0 bridgehead atoms. The topological polar surface area (TPSA) is 47.0 Å². The van der Waals surface area contributed by atoms with Crippen LogP contribution in [0.5, 0.6) is 5.75 Å². The fraction of sp³-hybridized carbons (Fsp3) is 0.0667. The standard InChI is InChI=1S/C15H10BrN3OS2/c1-20-9-3-5-12-11(7-9)18-15(21-12)19-14-17-10-4-2-8(16)6-13(10)22-14/h2-7H,1H3,(H,17,18,19). The molecule has 7 heteroatoms. The molecule has 110 valence electrons. The molecule has 2 aromatic heterocycles. The Labute approximate surface area is 142 Å². The largest absolute Gasteiger partial charge is 0.497 e. The maximum atomic E-state index is 5.23. The van der Waals surface area contributed by atoms with Gasteiger partial charge in [-0.25, -0.2) is 9.97 Å². The van der Waals surface area contributed by atoms with Gasteiger partial charge in [0.2, 0.25) is 0 Å².